The molecule has 1 atom stereocenters. The van der Waals surface area contributed by atoms with Crippen LogP contribution in [0.1, 0.15) is 53.8 Å². The Morgan fingerprint density at radius 1 is 1.30 bits per heavy atom. The van der Waals surface area contributed by atoms with Crippen LogP contribution in [-0.4, -0.2) is 26.4 Å². The van der Waals surface area contributed by atoms with Crippen molar-refractivity contribution < 1.29 is 14.6 Å². The third kappa shape index (κ3) is 3.29. The van der Waals surface area contributed by atoms with Gasteiger partial charge < -0.3 is 15.2 Å². The number of aromatic hydroxyl groups is 1. The SMILES string of the molecule is CCn1cc(CNC(=O)C2(C)CCc3c(C)c(O)c(C)c(C)c3O2)c(C)n1. The molecule has 6 heteroatoms. The zero-order chi connectivity index (χ0) is 19.9. The third-order valence-electron chi connectivity index (χ3n) is 5.81. The van der Waals surface area contributed by atoms with Crippen LogP contribution in [0.5, 0.6) is 11.5 Å². The van der Waals surface area contributed by atoms with Gasteiger partial charge in [-0.05, 0) is 64.7 Å². The lowest BCUT2D eigenvalue weighted by molar-refractivity contribution is -0.137. The highest BCUT2D eigenvalue weighted by Gasteiger charge is 2.40. The lowest BCUT2D eigenvalue weighted by Crippen LogP contribution is -2.50. The molecule has 0 saturated carbocycles. The number of amides is 1. The Morgan fingerprint density at radius 3 is 2.63 bits per heavy atom. The Morgan fingerprint density at radius 2 is 2.00 bits per heavy atom. The predicted molar refractivity (Wildman–Crippen MR) is 104 cm³/mol. The first-order chi connectivity index (χ1) is 12.7. The molecule has 1 aliphatic rings. The number of phenols is 1. The number of hydrogen-bond acceptors (Lipinski definition) is 4. The van der Waals surface area contributed by atoms with Gasteiger partial charge in [0.05, 0.1) is 5.69 Å². The average Bonchev–Trinajstić information content (AvgIpc) is 3.02. The first-order valence-electron chi connectivity index (χ1n) is 9.49. The number of fused-ring (bicyclic) bond motifs is 1. The van der Waals surface area contributed by atoms with Crippen molar-refractivity contribution in [2.45, 2.75) is 73.1 Å². The molecule has 0 aliphatic carbocycles. The number of ether oxygens (including phenoxy) is 1. The van der Waals surface area contributed by atoms with Crippen LogP contribution >= 0.6 is 0 Å². The van der Waals surface area contributed by atoms with Crippen molar-refractivity contribution in [2.75, 3.05) is 0 Å². The Balaban J connectivity index is 1.79. The molecule has 0 spiro atoms. The quantitative estimate of drug-likeness (QED) is 0.865. The van der Waals surface area contributed by atoms with E-state index in [2.05, 4.69) is 10.4 Å². The largest absolute Gasteiger partial charge is 0.507 e. The van der Waals surface area contributed by atoms with Crippen LogP contribution < -0.4 is 10.1 Å². The van der Waals surface area contributed by atoms with E-state index >= 15 is 0 Å². The molecule has 1 amide bonds. The second kappa shape index (κ2) is 6.91. The van der Waals surface area contributed by atoms with Gasteiger partial charge in [0.15, 0.2) is 5.60 Å². The van der Waals surface area contributed by atoms with E-state index in [0.717, 1.165) is 45.8 Å². The van der Waals surface area contributed by atoms with E-state index < -0.39 is 5.60 Å². The summed E-state index contributed by atoms with van der Waals surface area (Å²) in [4.78, 5) is 12.9. The van der Waals surface area contributed by atoms with Crippen molar-refractivity contribution >= 4 is 5.91 Å². The lowest BCUT2D eigenvalue weighted by Gasteiger charge is -2.36. The Kier molecular flexibility index (Phi) is 4.93. The highest BCUT2D eigenvalue weighted by Crippen LogP contribution is 2.43. The summed E-state index contributed by atoms with van der Waals surface area (Å²) in [5, 5.41) is 17.7. The zero-order valence-electron chi connectivity index (χ0n) is 17.1. The number of carbonyl (C=O) groups is 1. The van der Waals surface area contributed by atoms with Gasteiger partial charge in [-0.15, -0.1) is 0 Å². The number of nitrogens with zero attached hydrogens (tertiary/aromatic N) is 2. The number of hydrogen-bond donors (Lipinski definition) is 2. The molecule has 2 heterocycles. The number of benzene rings is 1. The van der Waals surface area contributed by atoms with Crippen molar-refractivity contribution in [3.8, 4) is 11.5 Å². The number of carbonyl (C=O) groups excluding carboxylic acids is 1. The van der Waals surface area contributed by atoms with E-state index in [1.165, 1.54) is 0 Å². The first kappa shape index (κ1) is 19.3. The van der Waals surface area contributed by atoms with Crippen LogP contribution in [0.25, 0.3) is 0 Å². The maximum atomic E-state index is 12.9. The van der Waals surface area contributed by atoms with Gasteiger partial charge in [-0.1, -0.05) is 0 Å². The normalized spacial score (nSPS) is 18.7. The molecule has 3 rings (SSSR count). The summed E-state index contributed by atoms with van der Waals surface area (Å²) in [6.45, 7) is 12.8. The maximum Gasteiger partial charge on any atom is 0.264 e. The first-order valence-corrected chi connectivity index (χ1v) is 9.49. The van der Waals surface area contributed by atoms with Crippen molar-refractivity contribution in [1.82, 2.24) is 15.1 Å². The summed E-state index contributed by atoms with van der Waals surface area (Å²) in [6, 6.07) is 0. The monoisotopic (exact) mass is 371 g/mol. The molecule has 0 saturated heterocycles. The second-order valence-corrected chi connectivity index (χ2v) is 7.64. The summed E-state index contributed by atoms with van der Waals surface area (Å²) in [5.41, 5.74) is 4.56. The summed E-state index contributed by atoms with van der Waals surface area (Å²) < 4.78 is 8.10. The minimum Gasteiger partial charge on any atom is -0.507 e. The van der Waals surface area contributed by atoms with Crippen molar-refractivity contribution in [2.24, 2.45) is 0 Å². The number of aryl methyl sites for hydroxylation is 2. The van der Waals surface area contributed by atoms with E-state index in [4.69, 9.17) is 4.74 Å². The van der Waals surface area contributed by atoms with E-state index in [1.807, 2.05) is 52.4 Å². The van der Waals surface area contributed by atoms with Gasteiger partial charge in [0.25, 0.3) is 5.91 Å². The fourth-order valence-electron chi connectivity index (χ4n) is 3.66. The molecule has 146 valence electrons. The smallest absolute Gasteiger partial charge is 0.264 e. The van der Waals surface area contributed by atoms with Crippen LogP contribution in [0.2, 0.25) is 0 Å². The number of rotatable bonds is 4. The number of aromatic nitrogens is 2. The lowest BCUT2D eigenvalue weighted by atomic mass is 9.86. The van der Waals surface area contributed by atoms with Gasteiger partial charge in [-0.25, -0.2) is 0 Å². The predicted octanol–water partition coefficient (Wildman–Crippen LogP) is 3.24. The van der Waals surface area contributed by atoms with Gasteiger partial charge in [-0.3, -0.25) is 9.48 Å². The molecular formula is C21H29N3O3. The van der Waals surface area contributed by atoms with E-state index in [-0.39, 0.29) is 5.91 Å². The minimum atomic E-state index is -0.928. The van der Waals surface area contributed by atoms with Crippen LogP contribution in [0.4, 0.5) is 0 Å². The van der Waals surface area contributed by atoms with Gasteiger partial charge in [0, 0.05) is 36.8 Å². The standard InChI is InChI=1S/C21H29N3O3/c1-7-24-11-16(15(5)23-24)10-22-20(26)21(6)9-8-17-14(4)18(25)12(2)13(3)19(17)27-21/h11,25H,7-10H2,1-6H3,(H,22,26). The molecule has 1 aromatic heterocycles. The molecule has 0 fully saturated rings. The van der Waals surface area contributed by atoms with Crippen molar-refractivity contribution in [3.05, 3.63) is 39.7 Å². The minimum absolute atomic E-state index is 0.125. The Bertz CT molecular complexity index is 901. The van der Waals surface area contributed by atoms with Gasteiger partial charge in [-0.2, -0.15) is 5.10 Å². The molecule has 2 aromatic rings. The van der Waals surface area contributed by atoms with Gasteiger partial charge >= 0.3 is 0 Å². The second-order valence-electron chi connectivity index (χ2n) is 7.64. The van der Waals surface area contributed by atoms with Gasteiger partial charge in [0.1, 0.15) is 11.5 Å². The summed E-state index contributed by atoms with van der Waals surface area (Å²) in [5.74, 6) is 0.938. The Labute approximate surface area is 160 Å². The molecule has 2 N–H and O–H groups in total. The fourth-order valence-corrected chi connectivity index (χ4v) is 3.66. The molecule has 0 radical (unpaired) electrons. The molecular weight excluding hydrogens is 342 g/mol. The summed E-state index contributed by atoms with van der Waals surface area (Å²) in [6.07, 6.45) is 3.24. The molecule has 1 aromatic carbocycles. The summed E-state index contributed by atoms with van der Waals surface area (Å²) in [7, 11) is 0. The molecule has 27 heavy (non-hydrogen) atoms. The highest BCUT2D eigenvalue weighted by atomic mass is 16.5. The fraction of sp³-hybridized carbons (Fsp3) is 0.524. The molecule has 1 aliphatic heterocycles. The molecule has 6 nitrogen and oxygen atoms in total. The van der Waals surface area contributed by atoms with Crippen LogP contribution in [0.3, 0.4) is 0 Å². The van der Waals surface area contributed by atoms with Crippen molar-refractivity contribution in [1.29, 1.82) is 0 Å². The maximum absolute atomic E-state index is 12.9. The van der Waals surface area contributed by atoms with E-state index in [1.54, 1.807) is 0 Å². The average molecular weight is 371 g/mol. The molecule has 0 bridgehead atoms. The van der Waals surface area contributed by atoms with Crippen LogP contribution in [0, 0.1) is 27.7 Å². The summed E-state index contributed by atoms with van der Waals surface area (Å²) >= 11 is 0. The Hall–Kier alpha value is -2.50. The third-order valence-corrected chi connectivity index (χ3v) is 5.81. The van der Waals surface area contributed by atoms with Crippen LogP contribution in [0.15, 0.2) is 6.20 Å². The van der Waals surface area contributed by atoms with E-state index in [0.29, 0.717) is 25.1 Å². The topological polar surface area (TPSA) is 76.4 Å². The number of phenolic OH excluding ortho intramolecular Hbond substituents is 1. The molecule has 1 unspecified atom stereocenters. The highest BCUT2D eigenvalue weighted by molar-refractivity contribution is 5.85. The number of nitrogens with one attached hydrogen (secondary N) is 1. The van der Waals surface area contributed by atoms with E-state index in [9.17, 15) is 9.90 Å². The van der Waals surface area contributed by atoms with Crippen LogP contribution in [-0.2, 0) is 24.3 Å². The zero-order valence-corrected chi connectivity index (χ0v) is 17.1. The van der Waals surface area contributed by atoms with Gasteiger partial charge in [0.2, 0.25) is 0 Å². The van der Waals surface area contributed by atoms with Crippen molar-refractivity contribution in [3.63, 3.8) is 0 Å².